The number of nitrogens with zero attached hydrogens (tertiary/aromatic N) is 1. The van der Waals surface area contributed by atoms with Gasteiger partial charge in [0.1, 0.15) is 17.5 Å². The van der Waals surface area contributed by atoms with Gasteiger partial charge < -0.3 is 4.90 Å². The summed E-state index contributed by atoms with van der Waals surface area (Å²) < 4.78 is 39.6. The molecule has 0 saturated carbocycles. The van der Waals surface area contributed by atoms with Crippen LogP contribution in [0.15, 0.2) is 47.4 Å². The summed E-state index contributed by atoms with van der Waals surface area (Å²) >= 11 is 1.51. The van der Waals surface area contributed by atoms with Crippen LogP contribution in [0.1, 0.15) is 18.4 Å². The number of rotatable bonds is 5. The van der Waals surface area contributed by atoms with Crippen LogP contribution < -0.4 is 0 Å². The van der Waals surface area contributed by atoms with Gasteiger partial charge in [0.2, 0.25) is 0 Å². The fraction of sp³-hybridized carbons (Fsp3) is 0.368. The second-order valence-corrected chi connectivity index (χ2v) is 7.45. The maximum atomic E-state index is 13.7. The van der Waals surface area contributed by atoms with E-state index >= 15 is 0 Å². The lowest BCUT2D eigenvalue weighted by molar-refractivity contribution is 0.235. The quantitative estimate of drug-likeness (QED) is 0.753. The minimum absolute atomic E-state index is 0.204. The van der Waals surface area contributed by atoms with Crippen molar-refractivity contribution in [2.24, 2.45) is 0 Å². The normalized spacial score (nSPS) is 16.5. The third kappa shape index (κ3) is 4.77. The van der Waals surface area contributed by atoms with Gasteiger partial charge in [-0.05, 0) is 62.2 Å². The summed E-state index contributed by atoms with van der Waals surface area (Å²) in [4.78, 5) is 2.92. The molecule has 0 unspecified atom stereocenters. The first kappa shape index (κ1) is 17.4. The smallest absolute Gasteiger partial charge is 0.139 e. The molecule has 1 fully saturated rings. The number of piperidine rings is 1. The Bertz CT molecular complexity index is 667. The molecule has 2 aromatic carbocycles. The van der Waals surface area contributed by atoms with E-state index in [0.29, 0.717) is 10.1 Å². The Morgan fingerprint density at radius 3 is 2.25 bits per heavy atom. The Balaban J connectivity index is 1.44. The van der Waals surface area contributed by atoms with Crippen molar-refractivity contribution in [3.05, 3.63) is 65.5 Å². The van der Waals surface area contributed by atoms with Gasteiger partial charge >= 0.3 is 0 Å². The summed E-state index contributed by atoms with van der Waals surface area (Å²) in [6.45, 7) is 2.90. The molecule has 0 atom stereocenters. The highest BCUT2D eigenvalue weighted by Crippen LogP contribution is 2.32. The summed E-state index contributed by atoms with van der Waals surface area (Å²) in [5.41, 5.74) is 1.14. The van der Waals surface area contributed by atoms with E-state index in [9.17, 15) is 13.2 Å². The molecule has 0 spiro atoms. The third-order valence-corrected chi connectivity index (χ3v) is 5.74. The molecule has 128 valence electrons. The first-order valence-corrected chi connectivity index (χ1v) is 9.06. The van der Waals surface area contributed by atoms with Crippen molar-refractivity contribution in [3.63, 3.8) is 0 Å². The highest BCUT2D eigenvalue weighted by molar-refractivity contribution is 8.00. The van der Waals surface area contributed by atoms with E-state index in [1.165, 1.54) is 36.0 Å². The molecule has 0 bridgehead atoms. The van der Waals surface area contributed by atoms with Crippen LogP contribution in [0, 0.1) is 17.5 Å². The Hall–Kier alpha value is -1.46. The Labute approximate surface area is 144 Å². The molecule has 0 amide bonds. The maximum Gasteiger partial charge on any atom is 0.139 e. The van der Waals surface area contributed by atoms with E-state index in [0.717, 1.165) is 50.5 Å². The molecule has 5 heteroatoms. The average molecular weight is 351 g/mol. The molecule has 1 aliphatic rings. The number of thioether (sulfide) groups is 1. The predicted molar refractivity (Wildman–Crippen MR) is 91.8 cm³/mol. The molecule has 2 aromatic rings. The van der Waals surface area contributed by atoms with Crippen LogP contribution in [-0.2, 0) is 6.42 Å². The van der Waals surface area contributed by atoms with Gasteiger partial charge in [-0.25, -0.2) is 13.2 Å². The number of likely N-dealkylation sites (tertiary alicyclic amines) is 1. The van der Waals surface area contributed by atoms with E-state index in [4.69, 9.17) is 0 Å². The van der Waals surface area contributed by atoms with Crippen molar-refractivity contribution >= 4 is 11.8 Å². The van der Waals surface area contributed by atoms with Crippen LogP contribution in [0.4, 0.5) is 13.2 Å². The molecular weight excluding hydrogens is 331 g/mol. The van der Waals surface area contributed by atoms with Crippen LogP contribution in [0.2, 0.25) is 0 Å². The Kier molecular flexibility index (Phi) is 5.85. The fourth-order valence-corrected chi connectivity index (χ4v) is 4.06. The van der Waals surface area contributed by atoms with Crippen LogP contribution in [-0.4, -0.2) is 29.8 Å². The van der Waals surface area contributed by atoms with E-state index in [1.807, 2.05) is 12.1 Å². The topological polar surface area (TPSA) is 3.24 Å². The van der Waals surface area contributed by atoms with E-state index in [1.54, 1.807) is 0 Å². The van der Waals surface area contributed by atoms with Gasteiger partial charge in [0.05, 0.1) is 0 Å². The van der Waals surface area contributed by atoms with Crippen molar-refractivity contribution in [1.29, 1.82) is 0 Å². The summed E-state index contributed by atoms with van der Waals surface area (Å²) in [6.07, 6.45) is 2.89. The molecule has 0 N–H and O–H groups in total. The number of hydrogen-bond acceptors (Lipinski definition) is 2. The summed E-state index contributed by atoms with van der Waals surface area (Å²) in [7, 11) is 0. The third-order valence-electron chi connectivity index (χ3n) is 4.35. The maximum absolute atomic E-state index is 13.7. The second kappa shape index (κ2) is 8.08. The first-order valence-electron chi connectivity index (χ1n) is 8.18. The van der Waals surface area contributed by atoms with Gasteiger partial charge in [0, 0.05) is 22.8 Å². The average Bonchev–Trinajstić information content (AvgIpc) is 2.58. The lowest BCUT2D eigenvalue weighted by Gasteiger charge is -2.31. The standard InChI is InChI=1S/C19H20F3NS/c20-15-3-1-14(2-4-15)7-10-23-11-8-17(9-12-23)24-19-6-5-16(21)13-18(19)22/h1-6,13,17H,7-12H2. The van der Waals surface area contributed by atoms with Gasteiger partial charge in [-0.2, -0.15) is 0 Å². The van der Waals surface area contributed by atoms with Gasteiger partial charge in [-0.3, -0.25) is 0 Å². The molecule has 3 rings (SSSR count). The molecular formula is C19H20F3NS. The van der Waals surface area contributed by atoms with Gasteiger partial charge in [-0.1, -0.05) is 12.1 Å². The molecule has 1 heterocycles. The van der Waals surface area contributed by atoms with E-state index in [-0.39, 0.29) is 5.82 Å². The van der Waals surface area contributed by atoms with Crippen LogP contribution in [0.3, 0.4) is 0 Å². The van der Waals surface area contributed by atoms with Gasteiger partial charge in [0.15, 0.2) is 0 Å². The largest absolute Gasteiger partial charge is 0.303 e. The van der Waals surface area contributed by atoms with Gasteiger partial charge in [0.25, 0.3) is 0 Å². The van der Waals surface area contributed by atoms with Crippen LogP contribution >= 0.6 is 11.8 Å². The molecule has 1 saturated heterocycles. The zero-order valence-electron chi connectivity index (χ0n) is 13.4. The van der Waals surface area contributed by atoms with Crippen LogP contribution in [0.25, 0.3) is 0 Å². The lowest BCUT2D eigenvalue weighted by atomic mass is 10.1. The minimum Gasteiger partial charge on any atom is -0.303 e. The van der Waals surface area contributed by atoms with Crippen LogP contribution in [0.5, 0.6) is 0 Å². The predicted octanol–water partition coefficient (Wildman–Crippen LogP) is 4.90. The number of benzene rings is 2. The monoisotopic (exact) mass is 351 g/mol. The zero-order chi connectivity index (χ0) is 16.9. The molecule has 24 heavy (non-hydrogen) atoms. The fourth-order valence-electron chi connectivity index (χ4n) is 2.94. The van der Waals surface area contributed by atoms with Crippen molar-refractivity contribution in [2.75, 3.05) is 19.6 Å². The molecule has 0 aromatic heterocycles. The minimum atomic E-state index is -0.535. The Morgan fingerprint density at radius 2 is 1.58 bits per heavy atom. The zero-order valence-corrected chi connectivity index (χ0v) is 14.2. The lowest BCUT2D eigenvalue weighted by Crippen LogP contribution is -2.36. The summed E-state index contributed by atoms with van der Waals surface area (Å²) in [6, 6.07) is 10.4. The molecule has 0 aliphatic carbocycles. The SMILES string of the molecule is Fc1ccc(CCN2CCC(Sc3ccc(F)cc3F)CC2)cc1. The van der Waals surface area contributed by atoms with E-state index in [2.05, 4.69) is 4.90 Å². The highest BCUT2D eigenvalue weighted by atomic mass is 32.2. The van der Waals surface area contributed by atoms with Crippen molar-refractivity contribution in [3.8, 4) is 0 Å². The Morgan fingerprint density at radius 1 is 0.917 bits per heavy atom. The van der Waals surface area contributed by atoms with Gasteiger partial charge in [-0.15, -0.1) is 11.8 Å². The van der Waals surface area contributed by atoms with Crippen molar-refractivity contribution in [1.82, 2.24) is 4.90 Å². The molecule has 1 nitrogen and oxygen atoms in total. The number of hydrogen-bond donors (Lipinski definition) is 0. The summed E-state index contributed by atoms with van der Waals surface area (Å²) in [5.74, 6) is -1.21. The number of halogens is 3. The van der Waals surface area contributed by atoms with Crippen molar-refractivity contribution in [2.45, 2.75) is 29.4 Å². The highest BCUT2D eigenvalue weighted by Gasteiger charge is 2.21. The first-order chi connectivity index (χ1) is 11.6. The summed E-state index contributed by atoms with van der Waals surface area (Å²) in [5, 5.41) is 0.368. The van der Waals surface area contributed by atoms with E-state index < -0.39 is 11.6 Å². The molecule has 1 aliphatic heterocycles. The second-order valence-electron chi connectivity index (χ2n) is 6.11. The van der Waals surface area contributed by atoms with Crippen molar-refractivity contribution < 1.29 is 13.2 Å². The molecule has 0 radical (unpaired) electrons.